The van der Waals surface area contributed by atoms with Gasteiger partial charge in [-0.1, -0.05) is 45.3 Å². The number of hydrogen-bond acceptors (Lipinski definition) is 4. The maximum absolute atomic E-state index is 14.9. The van der Waals surface area contributed by atoms with Gasteiger partial charge in [0.15, 0.2) is 41.0 Å². The minimum absolute atomic E-state index is 0.0933. The van der Waals surface area contributed by atoms with Crippen molar-refractivity contribution >= 4 is 121 Å². The average molecular weight is 597 g/mol. The van der Waals surface area contributed by atoms with Crippen molar-refractivity contribution in [1.82, 2.24) is 0 Å². The van der Waals surface area contributed by atoms with Gasteiger partial charge < -0.3 is 0 Å². The van der Waals surface area contributed by atoms with E-state index >= 15 is 0 Å². The Hall–Kier alpha value is -3.06. The van der Waals surface area contributed by atoms with Gasteiger partial charge in [-0.25, -0.2) is 0 Å². The monoisotopic (exact) mass is 596 g/mol. The first-order valence-electron chi connectivity index (χ1n) is 10.7. The second kappa shape index (κ2) is 7.32. The van der Waals surface area contributed by atoms with Gasteiger partial charge in [-0.2, -0.15) is 35.1 Å². The Morgan fingerprint density at radius 2 is 0.474 bits per heavy atom. The molecule has 0 N–H and O–H groups in total. The van der Waals surface area contributed by atoms with Gasteiger partial charge in [0.2, 0.25) is 0 Å². The molecule has 0 aliphatic carbocycles. The lowest BCUT2D eigenvalue weighted by atomic mass is 9.92. The first kappa shape index (κ1) is 22.9. The highest BCUT2D eigenvalue weighted by Crippen LogP contribution is 2.49. The van der Waals surface area contributed by atoms with E-state index in [2.05, 4.69) is 0 Å². The molecule has 8 rings (SSSR count). The van der Waals surface area contributed by atoms with Crippen molar-refractivity contribution in [2.45, 2.75) is 0 Å². The summed E-state index contributed by atoms with van der Waals surface area (Å²) < 4.78 is 119. The third-order valence-electron chi connectivity index (χ3n) is 6.98. The predicted molar refractivity (Wildman–Crippen MR) is 140 cm³/mol. The van der Waals surface area contributed by atoms with Crippen LogP contribution in [0.3, 0.4) is 0 Å². The summed E-state index contributed by atoms with van der Waals surface area (Å²) in [4.78, 5) is 0. The van der Waals surface area contributed by atoms with E-state index in [-0.39, 0.29) is 110 Å². The predicted octanol–water partition coefficient (Wildman–Crippen LogP) is 11.1. The van der Waals surface area contributed by atoms with Crippen LogP contribution < -0.4 is 0 Å². The first-order chi connectivity index (χ1) is 18.2. The Balaban J connectivity index is 1.67. The largest absolute Gasteiger partial charge is 0.194 e. The molecule has 38 heavy (non-hydrogen) atoms. The molecule has 0 bridgehead atoms. The number of benzene rings is 4. The normalized spacial score (nSPS) is 12.7. The summed E-state index contributed by atoms with van der Waals surface area (Å²) in [6.07, 6.45) is 0. The van der Waals surface area contributed by atoms with Gasteiger partial charge in [0, 0.05) is 43.1 Å². The zero-order valence-electron chi connectivity index (χ0n) is 18.0. The zero-order valence-corrected chi connectivity index (χ0v) is 21.2. The molecule has 0 saturated carbocycles. The molecule has 4 heterocycles. The average Bonchev–Trinajstić information content (AvgIpc) is 3.53. The summed E-state index contributed by atoms with van der Waals surface area (Å²) in [6.45, 7) is 0. The zero-order chi connectivity index (χ0) is 26.4. The highest BCUT2D eigenvalue weighted by molar-refractivity contribution is 7.12. The number of fused-ring (bicyclic) bond motifs is 13. The molecule has 8 aromatic rings. The molecule has 188 valence electrons. The van der Waals surface area contributed by atoms with E-state index in [1.165, 1.54) is 24.3 Å². The molecule has 0 nitrogen and oxygen atoms in total. The summed E-state index contributed by atoms with van der Waals surface area (Å²) >= 11 is 0.665. The molecular formula is C26H4F8S4. The second-order valence-corrected chi connectivity index (χ2v) is 12.4. The molecule has 0 fully saturated rings. The lowest BCUT2D eigenvalue weighted by Gasteiger charge is -2.10. The van der Waals surface area contributed by atoms with Crippen LogP contribution in [0.25, 0.3) is 75.4 Å². The van der Waals surface area contributed by atoms with Gasteiger partial charge in [-0.15, -0.1) is 0 Å². The summed E-state index contributed by atoms with van der Waals surface area (Å²) in [5.41, 5.74) is 0. The minimum atomic E-state index is -1.01. The third kappa shape index (κ3) is 2.63. The molecule has 0 atom stereocenters. The van der Waals surface area contributed by atoms with E-state index in [0.717, 1.165) is 0 Å². The summed E-state index contributed by atoms with van der Waals surface area (Å²) in [6, 6.07) is 5.71. The van der Waals surface area contributed by atoms with Crippen molar-refractivity contribution < 1.29 is 35.1 Å². The Morgan fingerprint density at radius 1 is 0.289 bits per heavy atom. The molecule has 0 saturated heterocycles. The van der Waals surface area contributed by atoms with E-state index in [0.29, 0.717) is 10.8 Å². The molecule has 0 amide bonds. The standard InChI is InChI=1S/C26H4F8S4/c27-19-11-7-1-5-2-9-10(14-18(26(34)38-22(14)30)17-13(9)21(29)37-25(17)33)4-6(5)3-8(7)12-16(15(11)23(31)35-19)24(32)36-20(12)28/h1-4H. The van der Waals surface area contributed by atoms with E-state index in [4.69, 9.17) is 0 Å². The fourth-order valence-electron chi connectivity index (χ4n) is 5.54. The molecule has 0 spiro atoms. The maximum atomic E-state index is 14.9. The highest BCUT2D eigenvalue weighted by Gasteiger charge is 2.27. The van der Waals surface area contributed by atoms with Gasteiger partial charge in [0.25, 0.3) is 0 Å². The first-order valence-corrected chi connectivity index (χ1v) is 14.0. The van der Waals surface area contributed by atoms with Crippen molar-refractivity contribution in [3.05, 3.63) is 65.3 Å². The quantitative estimate of drug-likeness (QED) is 0.121. The Kier molecular flexibility index (Phi) is 4.41. The highest BCUT2D eigenvalue weighted by atomic mass is 32.1. The van der Waals surface area contributed by atoms with Crippen LogP contribution in [0.1, 0.15) is 0 Å². The van der Waals surface area contributed by atoms with E-state index in [1.807, 2.05) is 0 Å². The van der Waals surface area contributed by atoms with Crippen molar-refractivity contribution in [1.29, 1.82) is 0 Å². The van der Waals surface area contributed by atoms with Crippen LogP contribution in [-0.2, 0) is 0 Å². The van der Waals surface area contributed by atoms with Crippen molar-refractivity contribution in [3.63, 3.8) is 0 Å². The van der Waals surface area contributed by atoms with Crippen LogP contribution in [0.4, 0.5) is 35.1 Å². The lowest BCUT2D eigenvalue weighted by molar-refractivity contribution is 0.655. The van der Waals surface area contributed by atoms with E-state index in [1.54, 1.807) is 0 Å². The van der Waals surface area contributed by atoms with Gasteiger partial charge >= 0.3 is 0 Å². The van der Waals surface area contributed by atoms with Crippen LogP contribution in [0.2, 0.25) is 0 Å². The minimum Gasteiger partial charge on any atom is -0.194 e. The topological polar surface area (TPSA) is 0 Å². The van der Waals surface area contributed by atoms with Gasteiger partial charge in [-0.3, -0.25) is 0 Å². The van der Waals surface area contributed by atoms with Crippen LogP contribution in [-0.4, -0.2) is 0 Å². The number of thiophene rings is 4. The smallest absolute Gasteiger partial charge is 0.187 e. The Bertz CT molecular complexity index is 2060. The van der Waals surface area contributed by atoms with Gasteiger partial charge in [0.1, 0.15) is 0 Å². The number of rotatable bonds is 0. The summed E-state index contributed by atoms with van der Waals surface area (Å²) in [5, 5.41) is -9.10. The Labute approximate surface area is 220 Å². The lowest BCUT2D eigenvalue weighted by Crippen LogP contribution is -1.87. The number of hydrogen-bond donors (Lipinski definition) is 0. The van der Waals surface area contributed by atoms with Crippen LogP contribution in [0.15, 0.2) is 24.3 Å². The van der Waals surface area contributed by atoms with E-state index < -0.39 is 41.0 Å². The van der Waals surface area contributed by atoms with Crippen molar-refractivity contribution in [2.75, 3.05) is 0 Å². The fourth-order valence-corrected chi connectivity index (χ4v) is 8.65. The van der Waals surface area contributed by atoms with Crippen LogP contribution >= 0.6 is 45.3 Å². The van der Waals surface area contributed by atoms with Gasteiger partial charge in [0.05, 0.1) is 0 Å². The Morgan fingerprint density at radius 3 is 0.684 bits per heavy atom. The summed E-state index contributed by atoms with van der Waals surface area (Å²) in [7, 11) is 0. The van der Waals surface area contributed by atoms with Gasteiger partial charge in [-0.05, 0) is 56.6 Å². The molecule has 4 aromatic heterocycles. The van der Waals surface area contributed by atoms with E-state index in [9.17, 15) is 35.1 Å². The fraction of sp³-hybridized carbons (Fsp3) is 0. The van der Waals surface area contributed by atoms with Crippen molar-refractivity contribution in [3.8, 4) is 0 Å². The van der Waals surface area contributed by atoms with Crippen LogP contribution in [0.5, 0.6) is 0 Å². The molecule has 0 aliphatic rings. The molecule has 0 unspecified atom stereocenters. The molecule has 4 aromatic carbocycles. The third-order valence-corrected chi connectivity index (χ3v) is 10.0. The van der Waals surface area contributed by atoms with Crippen LogP contribution in [0, 0.1) is 41.0 Å². The summed E-state index contributed by atoms with van der Waals surface area (Å²) in [5.74, 6) is 0. The number of halogens is 8. The second-order valence-electron chi connectivity index (χ2n) is 8.74. The SMILES string of the molecule is Fc1sc(F)c2c1c1cc3cc4c(cc3cc1c1c(F)sc(F)c12)c1c(F)sc(F)c1c1c(F)sc(F)c41. The molecule has 0 radical (unpaired) electrons. The molecule has 0 aliphatic heterocycles. The molecular weight excluding hydrogens is 593 g/mol. The van der Waals surface area contributed by atoms with Crippen molar-refractivity contribution in [2.24, 2.45) is 0 Å². The maximum Gasteiger partial charge on any atom is 0.187 e. The molecule has 12 heteroatoms.